The van der Waals surface area contributed by atoms with E-state index in [9.17, 15) is 9.90 Å². The molecule has 2 heterocycles. The largest absolute Gasteiger partial charge is 0.508 e. The van der Waals surface area contributed by atoms with Crippen LogP contribution in [0, 0.1) is 6.92 Å². The van der Waals surface area contributed by atoms with Crippen LogP contribution in [-0.4, -0.2) is 19.2 Å². The molecule has 1 aromatic carbocycles. The highest BCUT2D eigenvalue weighted by Crippen LogP contribution is 2.32. The van der Waals surface area contributed by atoms with Crippen LogP contribution >= 0.6 is 0 Å². The van der Waals surface area contributed by atoms with Crippen molar-refractivity contribution in [3.05, 3.63) is 46.5 Å². The summed E-state index contributed by atoms with van der Waals surface area (Å²) in [5.41, 5.74) is 3.62. The van der Waals surface area contributed by atoms with Crippen molar-refractivity contribution >= 4 is 22.5 Å². The molecular weight excluding hydrogens is 316 g/mol. The molecule has 4 rings (SSSR count). The molecular formula is C19H22N4O2. The Bertz CT molecular complexity index is 997. The Morgan fingerprint density at radius 2 is 1.96 bits per heavy atom. The number of aryl methyl sites for hydroxylation is 2. The number of anilines is 2. The molecule has 0 aliphatic heterocycles. The topological polar surface area (TPSA) is 72.1 Å². The summed E-state index contributed by atoms with van der Waals surface area (Å²) in [5.74, 6) is 0.934. The van der Waals surface area contributed by atoms with E-state index in [0.717, 1.165) is 35.1 Å². The van der Waals surface area contributed by atoms with Crippen molar-refractivity contribution < 1.29 is 5.11 Å². The van der Waals surface area contributed by atoms with Crippen molar-refractivity contribution in [3.63, 3.8) is 0 Å². The van der Waals surface area contributed by atoms with Gasteiger partial charge in [-0.25, -0.2) is 9.78 Å². The predicted molar refractivity (Wildman–Crippen MR) is 98.6 cm³/mol. The first kappa shape index (κ1) is 15.7. The number of nitrogens with one attached hydrogen (secondary N) is 1. The molecule has 0 saturated heterocycles. The highest BCUT2D eigenvalue weighted by Gasteiger charge is 2.23. The molecule has 0 spiro atoms. The molecule has 130 valence electrons. The van der Waals surface area contributed by atoms with Crippen molar-refractivity contribution in [2.24, 2.45) is 7.05 Å². The number of aromatic hydroxyl groups is 1. The molecule has 1 saturated carbocycles. The number of aromatic nitrogens is 3. The van der Waals surface area contributed by atoms with E-state index in [4.69, 9.17) is 0 Å². The molecule has 6 heteroatoms. The summed E-state index contributed by atoms with van der Waals surface area (Å²) in [4.78, 5) is 17.1. The second kappa shape index (κ2) is 5.95. The van der Waals surface area contributed by atoms with Crippen molar-refractivity contribution in [1.82, 2.24) is 14.1 Å². The van der Waals surface area contributed by atoms with Gasteiger partial charge in [0.2, 0.25) is 0 Å². The highest BCUT2D eigenvalue weighted by molar-refractivity contribution is 5.79. The third-order valence-corrected chi connectivity index (χ3v) is 5.14. The smallest absolute Gasteiger partial charge is 0.329 e. The molecule has 0 radical (unpaired) electrons. The minimum absolute atomic E-state index is 0.0293. The van der Waals surface area contributed by atoms with E-state index in [1.54, 1.807) is 29.9 Å². The van der Waals surface area contributed by atoms with Crippen LogP contribution in [0.15, 0.2) is 35.3 Å². The summed E-state index contributed by atoms with van der Waals surface area (Å²) < 4.78 is 3.61. The third-order valence-electron chi connectivity index (χ3n) is 5.14. The van der Waals surface area contributed by atoms with Gasteiger partial charge in [0.25, 0.3) is 0 Å². The van der Waals surface area contributed by atoms with Crippen LogP contribution in [0.1, 0.15) is 37.3 Å². The van der Waals surface area contributed by atoms with E-state index in [1.165, 1.54) is 12.8 Å². The van der Waals surface area contributed by atoms with E-state index in [2.05, 4.69) is 10.3 Å². The number of fused-ring (bicyclic) bond motifs is 1. The van der Waals surface area contributed by atoms with Gasteiger partial charge in [-0.3, -0.25) is 9.13 Å². The Kier molecular flexibility index (Phi) is 3.75. The maximum atomic E-state index is 12.7. The van der Waals surface area contributed by atoms with Crippen molar-refractivity contribution in [2.45, 2.75) is 38.6 Å². The van der Waals surface area contributed by atoms with Gasteiger partial charge in [0.15, 0.2) is 0 Å². The summed E-state index contributed by atoms with van der Waals surface area (Å²) >= 11 is 0. The van der Waals surface area contributed by atoms with E-state index in [1.807, 2.05) is 23.6 Å². The summed E-state index contributed by atoms with van der Waals surface area (Å²) in [5, 5.41) is 12.8. The Morgan fingerprint density at radius 1 is 1.20 bits per heavy atom. The lowest BCUT2D eigenvalue weighted by Gasteiger charge is -2.12. The lowest BCUT2D eigenvalue weighted by atomic mass is 10.2. The van der Waals surface area contributed by atoms with E-state index < -0.39 is 0 Å². The fourth-order valence-corrected chi connectivity index (χ4v) is 3.77. The average molecular weight is 338 g/mol. The van der Waals surface area contributed by atoms with Gasteiger partial charge >= 0.3 is 5.69 Å². The SMILES string of the molecule is Cc1cc(O)ccc1Nc1cc2c(cn1)n(C)c(=O)n2C1CCCC1. The van der Waals surface area contributed by atoms with Crippen LogP contribution in [0.3, 0.4) is 0 Å². The minimum Gasteiger partial charge on any atom is -0.508 e. The number of benzene rings is 1. The third kappa shape index (κ3) is 2.67. The molecule has 0 atom stereocenters. The van der Waals surface area contributed by atoms with Crippen LogP contribution in [0.25, 0.3) is 11.0 Å². The van der Waals surface area contributed by atoms with Gasteiger partial charge in [-0.15, -0.1) is 0 Å². The van der Waals surface area contributed by atoms with Crippen molar-refractivity contribution in [1.29, 1.82) is 0 Å². The van der Waals surface area contributed by atoms with Crippen LogP contribution in [-0.2, 0) is 7.05 Å². The fraction of sp³-hybridized carbons (Fsp3) is 0.368. The molecule has 1 aliphatic carbocycles. The Labute approximate surface area is 145 Å². The number of hydrogen-bond donors (Lipinski definition) is 2. The lowest BCUT2D eigenvalue weighted by Crippen LogP contribution is -2.24. The summed E-state index contributed by atoms with van der Waals surface area (Å²) in [6.07, 6.45) is 6.22. The van der Waals surface area contributed by atoms with Gasteiger partial charge < -0.3 is 10.4 Å². The number of nitrogens with zero attached hydrogens (tertiary/aromatic N) is 3. The number of rotatable bonds is 3. The minimum atomic E-state index is 0.0293. The fourth-order valence-electron chi connectivity index (χ4n) is 3.77. The van der Waals surface area contributed by atoms with Crippen molar-refractivity contribution in [3.8, 4) is 5.75 Å². The maximum Gasteiger partial charge on any atom is 0.329 e. The zero-order valence-electron chi connectivity index (χ0n) is 14.5. The first-order chi connectivity index (χ1) is 12.0. The van der Waals surface area contributed by atoms with Gasteiger partial charge in [0, 0.05) is 24.8 Å². The zero-order chi connectivity index (χ0) is 17.6. The molecule has 6 nitrogen and oxygen atoms in total. The number of pyridine rings is 1. The monoisotopic (exact) mass is 338 g/mol. The molecule has 0 bridgehead atoms. The summed E-state index contributed by atoms with van der Waals surface area (Å²) in [7, 11) is 1.80. The molecule has 2 N–H and O–H groups in total. The van der Waals surface area contributed by atoms with Crippen LogP contribution in [0.5, 0.6) is 5.75 Å². The van der Waals surface area contributed by atoms with Crippen LogP contribution in [0.2, 0.25) is 0 Å². The van der Waals surface area contributed by atoms with Gasteiger partial charge in [-0.2, -0.15) is 0 Å². The number of phenolic OH excluding ortho intramolecular Hbond substituents is 1. The maximum absolute atomic E-state index is 12.7. The molecule has 0 amide bonds. The lowest BCUT2D eigenvalue weighted by molar-refractivity contribution is 0.475. The first-order valence-corrected chi connectivity index (χ1v) is 8.68. The van der Waals surface area contributed by atoms with Gasteiger partial charge in [0.05, 0.1) is 17.2 Å². The van der Waals surface area contributed by atoms with Crippen molar-refractivity contribution in [2.75, 3.05) is 5.32 Å². The summed E-state index contributed by atoms with van der Waals surface area (Å²) in [6, 6.07) is 7.40. The molecule has 0 unspecified atom stereocenters. The van der Waals surface area contributed by atoms with Crippen LogP contribution < -0.4 is 11.0 Å². The zero-order valence-corrected chi connectivity index (χ0v) is 14.5. The van der Waals surface area contributed by atoms with E-state index >= 15 is 0 Å². The molecule has 25 heavy (non-hydrogen) atoms. The first-order valence-electron chi connectivity index (χ1n) is 8.68. The summed E-state index contributed by atoms with van der Waals surface area (Å²) in [6.45, 7) is 1.93. The number of phenols is 1. The second-order valence-electron chi connectivity index (χ2n) is 6.83. The van der Waals surface area contributed by atoms with Gasteiger partial charge in [-0.1, -0.05) is 12.8 Å². The molecule has 3 aromatic rings. The van der Waals surface area contributed by atoms with Crippen LogP contribution in [0.4, 0.5) is 11.5 Å². The predicted octanol–water partition coefficient (Wildman–Crippen LogP) is 3.61. The van der Waals surface area contributed by atoms with E-state index in [0.29, 0.717) is 5.82 Å². The quantitative estimate of drug-likeness (QED) is 0.716. The number of hydrogen-bond acceptors (Lipinski definition) is 4. The highest BCUT2D eigenvalue weighted by atomic mass is 16.3. The Hall–Kier alpha value is -2.76. The van der Waals surface area contributed by atoms with Gasteiger partial charge in [0.1, 0.15) is 11.6 Å². The molecule has 2 aromatic heterocycles. The Morgan fingerprint density at radius 3 is 2.68 bits per heavy atom. The Balaban J connectivity index is 1.79. The normalized spacial score (nSPS) is 15.1. The number of imidazole rings is 1. The second-order valence-corrected chi connectivity index (χ2v) is 6.83. The van der Waals surface area contributed by atoms with E-state index in [-0.39, 0.29) is 17.5 Å². The standard InChI is InChI=1S/C19H22N4O2/c1-12-9-14(24)7-8-15(12)21-18-10-16-17(11-20-18)22(2)19(25)23(16)13-5-3-4-6-13/h7-11,13,24H,3-6H2,1-2H3,(H,20,21). The average Bonchev–Trinajstić information content (AvgIpc) is 3.18. The molecule has 1 fully saturated rings. The van der Waals surface area contributed by atoms with Gasteiger partial charge in [-0.05, 0) is 43.5 Å². The molecule has 1 aliphatic rings.